The van der Waals surface area contributed by atoms with Gasteiger partial charge in [0, 0.05) is 12.2 Å². The van der Waals surface area contributed by atoms with Crippen LogP contribution in [0.3, 0.4) is 0 Å². The number of amides is 1. The van der Waals surface area contributed by atoms with Crippen molar-refractivity contribution in [2.45, 2.75) is 12.8 Å². The summed E-state index contributed by atoms with van der Waals surface area (Å²) in [6.45, 7) is 1.20. The summed E-state index contributed by atoms with van der Waals surface area (Å²) in [6.07, 6.45) is 3.75. The summed E-state index contributed by atoms with van der Waals surface area (Å²) in [6, 6.07) is 15.8. The Bertz CT molecular complexity index is 743. The van der Waals surface area contributed by atoms with Gasteiger partial charge in [-0.15, -0.1) is 0 Å². The van der Waals surface area contributed by atoms with Crippen molar-refractivity contribution < 1.29 is 9.53 Å². The molecule has 5 nitrogen and oxygen atoms in total. The number of rotatable bonds is 5. The van der Waals surface area contributed by atoms with Crippen molar-refractivity contribution >= 4 is 17.8 Å². The van der Waals surface area contributed by atoms with Crippen molar-refractivity contribution in [3.8, 4) is 5.75 Å². The van der Waals surface area contributed by atoms with Gasteiger partial charge in [0.15, 0.2) is 0 Å². The first-order valence-electron chi connectivity index (χ1n) is 8.05. The fourth-order valence-corrected chi connectivity index (χ4v) is 2.89. The van der Waals surface area contributed by atoms with Gasteiger partial charge in [-0.1, -0.05) is 30.3 Å². The second-order valence-electron chi connectivity index (χ2n) is 5.72. The smallest absolute Gasteiger partial charge is 0.259 e. The molecule has 0 aliphatic carbocycles. The van der Waals surface area contributed by atoms with Crippen LogP contribution in [0, 0.1) is 0 Å². The number of hydrazone groups is 1. The molecule has 0 aromatic heterocycles. The topological polar surface area (TPSA) is 53.9 Å². The molecule has 0 spiro atoms. The third-order valence-corrected chi connectivity index (χ3v) is 4.04. The predicted molar refractivity (Wildman–Crippen MR) is 95.7 cm³/mol. The minimum atomic E-state index is -0.120. The summed E-state index contributed by atoms with van der Waals surface area (Å²) in [7, 11) is 1.62. The van der Waals surface area contributed by atoms with E-state index in [4.69, 9.17) is 4.74 Å². The molecule has 1 N–H and O–H groups in total. The summed E-state index contributed by atoms with van der Waals surface area (Å²) in [4.78, 5) is 14.2. The Labute approximate surface area is 141 Å². The number of hydrogen-bond acceptors (Lipinski definition) is 4. The number of nitrogens with zero attached hydrogens (tertiary/aromatic N) is 2. The van der Waals surface area contributed by atoms with Gasteiger partial charge in [-0.25, -0.2) is 5.43 Å². The molecule has 1 heterocycles. The lowest BCUT2D eigenvalue weighted by Gasteiger charge is -2.30. The number of methoxy groups -OCH3 is 1. The molecule has 0 bridgehead atoms. The largest absolute Gasteiger partial charge is 0.497 e. The highest BCUT2D eigenvalue weighted by Gasteiger charge is 2.18. The molecule has 5 heteroatoms. The molecule has 0 saturated heterocycles. The van der Waals surface area contributed by atoms with Gasteiger partial charge < -0.3 is 9.64 Å². The van der Waals surface area contributed by atoms with Gasteiger partial charge in [-0.05, 0) is 42.2 Å². The predicted octanol–water partition coefficient (Wildman–Crippen LogP) is 2.60. The maximum atomic E-state index is 12.1. The minimum absolute atomic E-state index is 0.120. The fourth-order valence-electron chi connectivity index (χ4n) is 2.89. The number of fused-ring (bicyclic) bond motifs is 1. The van der Waals surface area contributed by atoms with Crippen molar-refractivity contribution in [3.63, 3.8) is 0 Å². The summed E-state index contributed by atoms with van der Waals surface area (Å²) >= 11 is 0. The van der Waals surface area contributed by atoms with E-state index in [9.17, 15) is 4.79 Å². The van der Waals surface area contributed by atoms with E-state index >= 15 is 0 Å². The molecule has 1 aliphatic rings. The summed E-state index contributed by atoms with van der Waals surface area (Å²) in [5, 5.41) is 4.03. The van der Waals surface area contributed by atoms with Crippen LogP contribution in [-0.4, -0.2) is 32.3 Å². The van der Waals surface area contributed by atoms with E-state index in [1.165, 1.54) is 5.56 Å². The van der Waals surface area contributed by atoms with E-state index in [1.807, 2.05) is 36.4 Å². The fraction of sp³-hybridized carbons (Fsp3) is 0.263. The molecule has 1 amide bonds. The lowest BCUT2D eigenvalue weighted by atomic mass is 10.0. The molecular weight excluding hydrogens is 302 g/mol. The molecule has 1 aliphatic heterocycles. The van der Waals surface area contributed by atoms with E-state index in [-0.39, 0.29) is 5.91 Å². The zero-order chi connectivity index (χ0) is 16.8. The number of carbonyl (C=O) groups excluding carboxylic acids is 1. The maximum absolute atomic E-state index is 12.1. The monoisotopic (exact) mass is 323 g/mol. The van der Waals surface area contributed by atoms with Crippen LogP contribution < -0.4 is 15.1 Å². The summed E-state index contributed by atoms with van der Waals surface area (Å²) in [5.74, 6) is 0.640. The second kappa shape index (κ2) is 7.64. The molecule has 2 aromatic rings. The molecule has 0 atom stereocenters. The zero-order valence-electron chi connectivity index (χ0n) is 13.7. The summed E-state index contributed by atoms with van der Waals surface area (Å²) in [5.41, 5.74) is 5.92. The Kier molecular flexibility index (Phi) is 5.11. The Morgan fingerprint density at radius 3 is 3.04 bits per heavy atom. The Morgan fingerprint density at radius 1 is 1.29 bits per heavy atom. The molecule has 2 aromatic carbocycles. The third-order valence-electron chi connectivity index (χ3n) is 4.04. The molecule has 0 radical (unpaired) electrons. The van der Waals surface area contributed by atoms with Gasteiger partial charge in [-0.2, -0.15) is 5.10 Å². The quantitative estimate of drug-likeness (QED) is 0.680. The van der Waals surface area contributed by atoms with Crippen molar-refractivity contribution in [1.82, 2.24) is 5.43 Å². The van der Waals surface area contributed by atoms with Crippen LogP contribution in [0.25, 0.3) is 0 Å². The van der Waals surface area contributed by atoms with E-state index < -0.39 is 0 Å². The zero-order valence-corrected chi connectivity index (χ0v) is 13.7. The first-order valence-corrected chi connectivity index (χ1v) is 8.05. The number of anilines is 1. The Morgan fingerprint density at radius 2 is 2.17 bits per heavy atom. The lowest BCUT2D eigenvalue weighted by molar-refractivity contribution is -0.119. The number of aryl methyl sites for hydroxylation is 1. The first-order chi connectivity index (χ1) is 11.8. The molecule has 124 valence electrons. The van der Waals surface area contributed by atoms with Gasteiger partial charge in [0.25, 0.3) is 5.91 Å². The molecule has 3 rings (SSSR count). The van der Waals surface area contributed by atoms with Gasteiger partial charge >= 0.3 is 0 Å². The van der Waals surface area contributed by atoms with Crippen LogP contribution in [0.2, 0.25) is 0 Å². The Balaban J connectivity index is 1.57. The van der Waals surface area contributed by atoms with Gasteiger partial charge in [0.1, 0.15) is 5.75 Å². The number of hydrogen-bond donors (Lipinski definition) is 1. The van der Waals surface area contributed by atoms with E-state index in [1.54, 1.807) is 13.3 Å². The SMILES string of the molecule is COc1cccc(/C=N\NC(=O)CN2CCCc3ccccc32)c1. The minimum Gasteiger partial charge on any atom is -0.497 e. The second-order valence-corrected chi connectivity index (χ2v) is 5.72. The van der Waals surface area contributed by atoms with Crippen LogP contribution in [0.15, 0.2) is 53.6 Å². The first kappa shape index (κ1) is 16.1. The van der Waals surface area contributed by atoms with Crippen molar-refractivity contribution in [1.29, 1.82) is 0 Å². The maximum Gasteiger partial charge on any atom is 0.259 e. The number of benzene rings is 2. The number of para-hydroxylation sites is 1. The van der Waals surface area contributed by atoms with Crippen LogP contribution >= 0.6 is 0 Å². The highest BCUT2D eigenvalue weighted by molar-refractivity contribution is 5.85. The van der Waals surface area contributed by atoms with Crippen molar-refractivity contribution in [3.05, 3.63) is 59.7 Å². The van der Waals surface area contributed by atoms with Gasteiger partial charge in [0.2, 0.25) is 0 Å². The lowest BCUT2D eigenvalue weighted by Crippen LogP contribution is -2.38. The van der Waals surface area contributed by atoms with Crippen LogP contribution in [0.5, 0.6) is 5.75 Å². The van der Waals surface area contributed by atoms with Crippen LogP contribution in [0.1, 0.15) is 17.5 Å². The molecule has 0 fully saturated rings. The number of carbonyl (C=O) groups is 1. The average molecular weight is 323 g/mol. The van der Waals surface area contributed by atoms with Crippen LogP contribution in [-0.2, 0) is 11.2 Å². The molecular formula is C19H21N3O2. The third kappa shape index (κ3) is 3.93. The van der Waals surface area contributed by atoms with E-state index in [2.05, 4.69) is 27.6 Å². The van der Waals surface area contributed by atoms with E-state index in [0.717, 1.165) is 36.4 Å². The van der Waals surface area contributed by atoms with Crippen LogP contribution in [0.4, 0.5) is 5.69 Å². The number of nitrogens with one attached hydrogen (secondary N) is 1. The van der Waals surface area contributed by atoms with Gasteiger partial charge in [-0.3, -0.25) is 4.79 Å². The van der Waals surface area contributed by atoms with E-state index in [0.29, 0.717) is 6.54 Å². The molecule has 0 unspecified atom stereocenters. The number of ether oxygens (including phenoxy) is 1. The van der Waals surface area contributed by atoms with Crippen molar-refractivity contribution in [2.24, 2.45) is 5.10 Å². The highest BCUT2D eigenvalue weighted by atomic mass is 16.5. The van der Waals surface area contributed by atoms with Crippen molar-refractivity contribution in [2.75, 3.05) is 25.1 Å². The average Bonchev–Trinajstić information content (AvgIpc) is 2.62. The Hall–Kier alpha value is -2.82. The standard InChI is InChI=1S/C19H21N3O2/c1-24-17-9-4-6-15(12-17)13-20-21-19(23)14-22-11-5-8-16-7-2-3-10-18(16)22/h2-4,6-7,9-10,12-13H,5,8,11,14H2,1H3,(H,21,23)/b20-13-. The molecule has 24 heavy (non-hydrogen) atoms. The normalized spacial score (nSPS) is 13.6. The highest BCUT2D eigenvalue weighted by Crippen LogP contribution is 2.26. The molecule has 0 saturated carbocycles. The summed E-state index contributed by atoms with van der Waals surface area (Å²) < 4.78 is 5.16. The van der Waals surface area contributed by atoms with Gasteiger partial charge in [0.05, 0.1) is 19.9 Å².